The molecule has 1 aromatic carbocycles. The summed E-state index contributed by atoms with van der Waals surface area (Å²) >= 11 is 3.47. The first-order valence-electron chi connectivity index (χ1n) is 3.84. The molecule has 0 fully saturated rings. The molecule has 2 nitrogen and oxygen atoms in total. The van der Waals surface area contributed by atoms with Crippen molar-refractivity contribution in [3.63, 3.8) is 0 Å². The highest BCUT2D eigenvalue weighted by molar-refractivity contribution is 9.10. The first kappa shape index (κ1) is 7.80. The van der Waals surface area contributed by atoms with E-state index in [2.05, 4.69) is 34.1 Å². The van der Waals surface area contributed by atoms with E-state index in [4.69, 9.17) is 4.52 Å². The highest BCUT2D eigenvalue weighted by Gasteiger charge is 2.03. The minimum Gasteiger partial charge on any atom is -0.356 e. The molecule has 0 unspecified atom stereocenters. The van der Waals surface area contributed by atoms with Crippen LogP contribution in [0.25, 0.3) is 11.0 Å². The number of aromatic nitrogens is 1. The predicted octanol–water partition coefficient (Wildman–Crippen LogP) is 3.15. The number of rotatable bonds is 1. The Labute approximate surface area is 78.7 Å². The lowest BCUT2D eigenvalue weighted by molar-refractivity contribution is 0.456. The van der Waals surface area contributed by atoms with E-state index < -0.39 is 0 Å². The van der Waals surface area contributed by atoms with Crippen LogP contribution in [-0.4, -0.2) is 5.16 Å². The van der Waals surface area contributed by atoms with Crippen molar-refractivity contribution in [2.45, 2.75) is 13.3 Å². The normalized spacial score (nSPS) is 10.8. The van der Waals surface area contributed by atoms with Gasteiger partial charge < -0.3 is 4.52 Å². The minimum absolute atomic E-state index is 0.832. The Morgan fingerprint density at radius 2 is 2.33 bits per heavy atom. The molecule has 0 saturated heterocycles. The van der Waals surface area contributed by atoms with Gasteiger partial charge in [-0.15, -0.1) is 0 Å². The lowest BCUT2D eigenvalue weighted by Gasteiger charge is -1.98. The number of hydrogen-bond donors (Lipinski definition) is 0. The van der Waals surface area contributed by atoms with Gasteiger partial charge in [0.1, 0.15) is 0 Å². The smallest absolute Gasteiger partial charge is 0.167 e. The molecule has 12 heavy (non-hydrogen) atoms. The first-order valence-corrected chi connectivity index (χ1v) is 4.63. The van der Waals surface area contributed by atoms with Gasteiger partial charge in [0.05, 0.1) is 6.20 Å². The molecule has 62 valence electrons. The maximum absolute atomic E-state index is 5.02. The summed E-state index contributed by atoms with van der Waals surface area (Å²) in [5.74, 6) is 0. The van der Waals surface area contributed by atoms with Gasteiger partial charge in [-0.05, 0) is 24.1 Å². The van der Waals surface area contributed by atoms with Crippen molar-refractivity contribution in [1.29, 1.82) is 0 Å². The molecule has 0 atom stereocenters. The second-order valence-electron chi connectivity index (χ2n) is 2.66. The summed E-state index contributed by atoms with van der Waals surface area (Å²) in [6, 6.07) is 4.05. The van der Waals surface area contributed by atoms with E-state index in [1.54, 1.807) is 6.20 Å². The third kappa shape index (κ3) is 1.14. The van der Waals surface area contributed by atoms with Gasteiger partial charge in [0.2, 0.25) is 0 Å². The molecule has 0 aliphatic rings. The third-order valence-corrected chi connectivity index (χ3v) is 2.64. The molecule has 0 spiro atoms. The van der Waals surface area contributed by atoms with Gasteiger partial charge in [-0.3, -0.25) is 0 Å². The largest absolute Gasteiger partial charge is 0.356 e. The highest BCUT2D eigenvalue weighted by atomic mass is 79.9. The summed E-state index contributed by atoms with van der Waals surface area (Å²) in [6.07, 6.45) is 2.75. The van der Waals surface area contributed by atoms with Gasteiger partial charge in [-0.1, -0.05) is 28.0 Å². The maximum atomic E-state index is 5.02. The molecule has 0 amide bonds. The van der Waals surface area contributed by atoms with Crippen LogP contribution in [0.2, 0.25) is 0 Å². The Morgan fingerprint density at radius 1 is 1.50 bits per heavy atom. The molecular weight excluding hydrogens is 218 g/mol. The zero-order chi connectivity index (χ0) is 8.55. The maximum Gasteiger partial charge on any atom is 0.167 e. The topological polar surface area (TPSA) is 26.0 Å². The van der Waals surface area contributed by atoms with Gasteiger partial charge in [-0.2, -0.15) is 0 Å². The van der Waals surface area contributed by atoms with Gasteiger partial charge >= 0.3 is 0 Å². The Kier molecular flexibility index (Phi) is 1.89. The van der Waals surface area contributed by atoms with Crippen molar-refractivity contribution in [1.82, 2.24) is 5.16 Å². The van der Waals surface area contributed by atoms with Crippen molar-refractivity contribution >= 4 is 26.9 Å². The van der Waals surface area contributed by atoms with Gasteiger partial charge in [0.25, 0.3) is 0 Å². The molecule has 0 aliphatic carbocycles. The van der Waals surface area contributed by atoms with Crippen molar-refractivity contribution in [3.8, 4) is 0 Å². The monoisotopic (exact) mass is 225 g/mol. The zero-order valence-electron chi connectivity index (χ0n) is 6.67. The van der Waals surface area contributed by atoms with Crippen LogP contribution in [0.3, 0.4) is 0 Å². The molecule has 3 heteroatoms. The first-order chi connectivity index (χ1) is 5.81. The average Bonchev–Trinajstić information content (AvgIpc) is 2.49. The molecule has 0 bridgehead atoms. The van der Waals surface area contributed by atoms with Crippen LogP contribution in [-0.2, 0) is 6.42 Å². The van der Waals surface area contributed by atoms with Crippen LogP contribution in [0.1, 0.15) is 12.5 Å². The van der Waals surface area contributed by atoms with Crippen LogP contribution in [0.5, 0.6) is 0 Å². The highest BCUT2D eigenvalue weighted by Crippen LogP contribution is 2.24. The van der Waals surface area contributed by atoms with Crippen LogP contribution in [0.15, 0.2) is 27.3 Å². The number of halogens is 1. The third-order valence-electron chi connectivity index (χ3n) is 1.90. The van der Waals surface area contributed by atoms with Gasteiger partial charge in [-0.25, -0.2) is 0 Å². The van der Waals surface area contributed by atoms with E-state index in [-0.39, 0.29) is 0 Å². The summed E-state index contributed by atoms with van der Waals surface area (Å²) in [7, 11) is 0. The van der Waals surface area contributed by atoms with Crippen molar-refractivity contribution in [3.05, 3.63) is 28.4 Å². The summed E-state index contributed by atoms with van der Waals surface area (Å²) in [5, 5.41) is 4.79. The summed E-state index contributed by atoms with van der Waals surface area (Å²) in [6.45, 7) is 2.12. The molecule has 0 radical (unpaired) electrons. The molecule has 2 aromatic rings. The minimum atomic E-state index is 0.832. The lowest BCUT2D eigenvalue weighted by atomic mass is 10.1. The van der Waals surface area contributed by atoms with Crippen LogP contribution in [0.4, 0.5) is 0 Å². The second-order valence-corrected chi connectivity index (χ2v) is 3.52. The lowest BCUT2D eigenvalue weighted by Crippen LogP contribution is -1.80. The molecule has 1 heterocycles. The predicted molar refractivity (Wildman–Crippen MR) is 51.1 cm³/mol. The fourth-order valence-electron chi connectivity index (χ4n) is 1.21. The Morgan fingerprint density at radius 3 is 3.08 bits per heavy atom. The molecule has 0 aliphatic heterocycles. The fraction of sp³-hybridized carbons (Fsp3) is 0.222. The number of benzene rings is 1. The molecule has 0 N–H and O–H groups in total. The van der Waals surface area contributed by atoms with E-state index in [0.29, 0.717) is 0 Å². The van der Waals surface area contributed by atoms with E-state index in [0.717, 1.165) is 21.9 Å². The molecule has 1 aromatic heterocycles. The standard InChI is InChI=1S/C9H8BrNO/c1-2-6-3-7-5-11-12-9(7)4-8(6)10/h3-5H,2H2,1H3. The van der Waals surface area contributed by atoms with E-state index in [1.807, 2.05) is 6.07 Å². The van der Waals surface area contributed by atoms with Crippen molar-refractivity contribution in [2.24, 2.45) is 0 Å². The molecule has 2 rings (SSSR count). The van der Waals surface area contributed by atoms with Crippen LogP contribution >= 0.6 is 15.9 Å². The zero-order valence-corrected chi connectivity index (χ0v) is 8.26. The van der Waals surface area contributed by atoms with Gasteiger partial charge in [0, 0.05) is 9.86 Å². The quantitative estimate of drug-likeness (QED) is 0.746. The fourth-order valence-corrected chi connectivity index (χ4v) is 1.81. The van der Waals surface area contributed by atoms with E-state index >= 15 is 0 Å². The number of nitrogens with zero attached hydrogens (tertiary/aromatic N) is 1. The van der Waals surface area contributed by atoms with Crippen molar-refractivity contribution < 1.29 is 4.52 Å². The Bertz CT molecular complexity index is 408. The summed E-state index contributed by atoms with van der Waals surface area (Å²) in [5.41, 5.74) is 2.12. The second kappa shape index (κ2) is 2.90. The number of hydrogen-bond acceptors (Lipinski definition) is 2. The van der Waals surface area contributed by atoms with Crippen LogP contribution in [0, 0.1) is 0 Å². The number of aryl methyl sites for hydroxylation is 1. The average molecular weight is 226 g/mol. The Hall–Kier alpha value is -0.830. The Balaban J connectivity index is 2.73. The van der Waals surface area contributed by atoms with Gasteiger partial charge in [0.15, 0.2) is 5.58 Å². The molecular formula is C9H8BrNO. The molecule has 0 saturated carbocycles. The summed E-state index contributed by atoms with van der Waals surface area (Å²) < 4.78 is 6.11. The van der Waals surface area contributed by atoms with Crippen LogP contribution < -0.4 is 0 Å². The summed E-state index contributed by atoms with van der Waals surface area (Å²) in [4.78, 5) is 0. The SMILES string of the molecule is CCc1cc2cnoc2cc1Br. The van der Waals surface area contributed by atoms with E-state index in [1.165, 1.54) is 5.56 Å². The van der Waals surface area contributed by atoms with E-state index in [9.17, 15) is 0 Å². The van der Waals surface area contributed by atoms with Crippen molar-refractivity contribution in [2.75, 3.05) is 0 Å². The number of fused-ring (bicyclic) bond motifs is 1.